The van der Waals surface area contributed by atoms with Gasteiger partial charge in [0.15, 0.2) is 17.3 Å². The maximum Gasteiger partial charge on any atom is 0.225 e. The minimum Gasteiger partial charge on any atom is -0.493 e. The minimum atomic E-state index is -0.423. The van der Waals surface area contributed by atoms with Crippen molar-refractivity contribution < 1.29 is 18.6 Å². The number of aromatic nitrogens is 2. The van der Waals surface area contributed by atoms with Crippen molar-refractivity contribution in [2.75, 3.05) is 38.8 Å². The van der Waals surface area contributed by atoms with Gasteiger partial charge in [-0.1, -0.05) is 0 Å². The van der Waals surface area contributed by atoms with Crippen LogP contribution >= 0.6 is 0 Å². The van der Waals surface area contributed by atoms with Crippen molar-refractivity contribution in [3.8, 4) is 11.5 Å². The summed E-state index contributed by atoms with van der Waals surface area (Å²) in [5.41, 5.74) is 2.10. The third-order valence-electron chi connectivity index (χ3n) is 5.31. The number of piperidine rings is 1. The van der Waals surface area contributed by atoms with Gasteiger partial charge in [-0.3, -0.25) is 0 Å². The number of nitrogens with zero attached hydrogens (tertiary/aromatic N) is 3. The zero-order valence-corrected chi connectivity index (χ0v) is 15.0. The van der Waals surface area contributed by atoms with Crippen LogP contribution in [0, 0.1) is 5.82 Å². The van der Waals surface area contributed by atoms with Crippen LogP contribution in [0.5, 0.6) is 11.5 Å². The Morgan fingerprint density at radius 1 is 1.08 bits per heavy atom. The summed E-state index contributed by atoms with van der Waals surface area (Å²) in [6.45, 7) is 2.19. The molecule has 1 saturated heterocycles. The van der Waals surface area contributed by atoms with E-state index in [0.717, 1.165) is 43.9 Å². The van der Waals surface area contributed by atoms with Gasteiger partial charge in [0.2, 0.25) is 5.95 Å². The molecule has 4 rings (SSSR count). The smallest absolute Gasteiger partial charge is 0.225 e. The van der Waals surface area contributed by atoms with Crippen LogP contribution in [0.4, 0.5) is 10.3 Å². The molecule has 2 aliphatic rings. The molecule has 0 aliphatic carbocycles. The highest BCUT2D eigenvalue weighted by atomic mass is 19.1. The first-order valence-electron chi connectivity index (χ1n) is 8.77. The molecule has 0 N–H and O–H groups in total. The van der Waals surface area contributed by atoms with Gasteiger partial charge in [0.05, 0.1) is 38.8 Å². The number of ether oxygens (including phenoxy) is 3. The van der Waals surface area contributed by atoms with E-state index in [-0.39, 0.29) is 5.60 Å². The lowest BCUT2D eigenvalue weighted by molar-refractivity contribution is -0.0769. The molecule has 26 heavy (non-hydrogen) atoms. The number of halogens is 1. The molecule has 138 valence electrons. The molecule has 0 radical (unpaired) electrons. The van der Waals surface area contributed by atoms with Gasteiger partial charge in [-0.25, -0.2) is 14.4 Å². The maximum absolute atomic E-state index is 13.1. The summed E-state index contributed by atoms with van der Waals surface area (Å²) in [5.74, 6) is 1.61. The fourth-order valence-electron chi connectivity index (χ4n) is 3.94. The first-order valence-corrected chi connectivity index (χ1v) is 8.77. The Bertz CT molecular complexity index is 789. The summed E-state index contributed by atoms with van der Waals surface area (Å²) in [4.78, 5) is 10.3. The molecule has 7 heteroatoms. The number of anilines is 1. The zero-order valence-electron chi connectivity index (χ0n) is 15.0. The van der Waals surface area contributed by atoms with E-state index in [1.165, 1.54) is 23.5 Å². The van der Waals surface area contributed by atoms with Crippen molar-refractivity contribution in [1.29, 1.82) is 0 Å². The number of hydrogen-bond acceptors (Lipinski definition) is 6. The molecule has 0 unspecified atom stereocenters. The van der Waals surface area contributed by atoms with E-state index < -0.39 is 5.82 Å². The van der Waals surface area contributed by atoms with Crippen molar-refractivity contribution in [2.45, 2.75) is 24.9 Å². The van der Waals surface area contributed by atoms with E-state index in [4.69, 9.17) is 14.2 Å². The molecule has 1 fully saturated rings. The van der Waals surface area contributed by atoms with Gasteiger partial charge in [-0.2, -0.15) is 0 Å². The number of fused-ring (bicyclic) bond motifs is 2. The van der Waals surface area contributed by atoms with Gasteiger partial charge in [0.1, 0.15) is 0 Å². The standard InChI is InChI=1S/C19H22FN3O3/c1-24-16-9-13-3-8-26-19(15(13)10-17(16)25-2)4-6-23(7-5-19)18-21-11-14(20)12-22-18/h9-12H,3-8H2,1-2H3. The van der Waals surface area contributed by atoms with Gasteiger partial charge >= 0.3 is 0 Å². The summed E-state index contributed by atoms with van der Waals surface area (Å²) >= 11 is 0. The summed E-state index contributed by atoms with van der Waals surface area (Å²) < 4.78 is 30.3. The molecule has 2 aliphatic heterocycles. The SMILES string of the molecule is COc1cc2c(cc1OC)C1(CCN(c3ncc(F)cn3)CC1)OCC2. The molecule has 0 bridgehead atoms. The summed E-state index contributed by atoms with van der Waals surface area (Å²) in [5, 5.41) is 0. The third-order valence-corrected chi connectivity index (χ3v) is 5.31. The predicted molar refractivity (Wildman–Crippen MR) is 94.3 cm³/mol. The summed E-state index contributed by atoms with van der Waals surface area (Å²) in [6.07, 6.45) is 4.90. The topological polar surface area (TPSA) is 56.7 Å². The summed E-state index contributed by atoms with van der Waals surface area (Å²) in [7, 11) is 3.30. The average molecular weight is 359 g/mol. The van der Waals surface area contributed by atoms with Gasteiger partial charge in [0, 0.05) is 13.1 Å². The van der Waals surface area contributed by atoms with Crippen LogP contribution in [-0.2, 0) is 16.8 Å². The Kier molecular flexibility index (Phi) is 4.40. The molecule has 2 aromatic rings. The van der Waals surface area contributed by atoms with Crippen LogP contribution < -0.4 is 14.4 Å². The molecule has 0 amide bonds. The Hall–Kier alpha value is -2.41. The van der Waals surface area contributed by atoms with E-state index in [1.807, 2.05) is 0 Å². The molecular weight excluding hydrogens is 337 g/mol. The van der Waals surface area contributed by atoms with E-state index >= 15 is 0 Å². The van der Waals surface area contributed by atoms with Crippen molar-refractivity contribution in [3.05, 3.63) is 41.5 Å². The van der Waals surface area contributed by atoms with Crippen LogP contribution in [0.2, 0.25) is 0 Å². The molecule has 0 saturated carbocycles. The first kappa shape index (κ1) is 17.0. The molecule has 1 aromatic carbocycles. The Morgan fingerprint density at radius 3 is 2.38 bits per heavy atom. The number of hydrogen-bond donors (Lipinski definition) is 0. The zero-order chi connectivity index (χ0) is 18.1. The van der Waals surface area contributed by atoms with Gasteiger partial charge in [0.25, 0.3) is 0 Å². The maximum atomic E-state index is 13.1. The lowest BCUT2D eigenvalue weighted by Crippen LogP contribution is -2.47. The van der Waals surface area contributed by atoms with E-state index in [0.29, 0.717) is 12.6 Å². The molecule has 0 atom stereocenters. The second-order valence-electron chi connectivity index (χ2n) is 6.65. The van der Waals surface area contributed by atoms with Crippen molar-refractivity contribution in [2.24, 2.45) is 0 Å². The highest BCUT2D eigenvalue weighted by molar-refractivity contribution is 5.51. The minimum absolute atomic E-state index is 0.330. The van der Waals surface area contributed by atoms with E-state index in [1.54, 1.807) is 14.2 Å². The van der Waals surface area contributed by atoms with Crippen LogP contribution in [0.1, 0.15) is 24.0 Å². The third kappa shape index (κ3) is 2.86. The lowest BCUT2D eigenvalue weighted by atomic mass is 9.79. The van der Waals surface area contributed by atoms with Crippen LogP contribution in [0.3, 0.4) is 0 Å². The fraction of sp³-hybridized carbons (Fsp3) is 0.474. The lowest BCUT2D eigenvalue weighted by Gasteiger charge is -2.45. The Balaban J connectivity index is 1.61. The van der Waals surface area contributed by atoms with Gasteiger partial charge in [-0.15, -0.1) is 0 Å². The fourth-order valence-corrected chi connectivity index (χ4v) is 3.94. The van der Waals surface area contributed by atoms with Crippen LogP contribution in [-0.4, -0.2) is 43.9 Å². The van der Waals surface area contributed by atoms with E-state index in [9.17, 15) is 4.39 Å². The van der Waals surface area contributed by atoms with Crippen molar-refractivity contribution in [1.82, 2.24) is 9.97 Å². The van der Waals surface area contributed by atoms with Crippen molar-refractivity contribution in [3.63, 3.8) is 0 Å². The largest absolute Gasteiger partial charge is 0.493 e. The first-order chi connectivity index (χ1) is 12.6. The molecule has 1 spiro atoms. The predicted octanol–water partition coefficient (Wildman–Crippen LogP) is 2.70. The van der Waals surface area contributed by atoms with Gasteiger partial charge in [-0.05, 0) is 42.5 Å². The normalized spacial score (nSPS) is 18.5. The molecule has 1 aromatic heterocycles. The van der Waals surface area contributed by atoms with Crippen molar-refractivity contribution >= 4 is 5.95 Å². The number of methoxy groups -OCH3 is 2. The second-order valence-corrected chi connectivity index (χ2v) is 6.65. The Morgan fingerprint density at radius 2 is 1.73 bits per heavy atom. The number of rotatable bonds is 3. The molecule has 6 nitrogen and oxygen atoms in total. The monoisotopic (exact) mass is 359 g/mol. The van der Waals surface area contributed by atoms with Crippen LogP contribution in [0.25, 0.3) is 0 Å². The quantitative estimate of drug-likeness (QED) is 0.840. The van der Waals surface area contributed by atoms with Crippen LogP contribution in [0.15, 0.2) is 24.5 Å². The van der Waals surface area contributed by atoms with Gasteiger partial charge < -0.3 is 19.1 Å². The molecule has 3 heterocycles. The second kappa shape index (κ2) is 6.72. The Labute approximate surface area is 151 Å². The highest BCUT2D eigenvalue weighted by Crippen LogP contribution is 2.45. The van der Waals surface area contributed by atoms with E-state index in [2.05, 4.69) is 27.0 Å². The average Bonchev–Trinajstić information content (AvgIpc) is 2.69. The highest BCUT2D eigenvalue weighted by Gasteiger charge is 2.42. The molecular formula is C19H22FN3O3. The number of benzene rings is 1. The summed E-state index contributed by atoms with van der Waals surface area (Å²) in [6, 6.07) is 4.12.